The second-order valence-electron chi connectivity index (χ2n) is 5.01. The maximum absolute atomic E-state index is 6.04. The van der Waals surface area contributed by atoms with Crippen molar-refractivity contribution < 1.29 is 0 Å². The molecule has 0 radical (unpaired) electrons. The molecule has 1 N–H and O–H groups in total. The summed E-state index contributed by atoms with van der Waals surface area (Å²) in [5, 5.41) is 8.78. The van der Waals surface area contributed by atoms with E-state index in [0.29, 0.717) is 6.04 Å². The third-order valence-corrected chi connectivity index (χ3v) is 5.56. The van der Waals surface area contributed by atoms with Gasteiger partial charge in [-0.2, -0.15) is 5.10 Å². The summed E-state index contributed by atoms with van der Waals surface area (Å²) in [7, 11) is 0. The Kier molecular flexibility index (Phi) is 4.19. The van der Waals surface area contributed by atoms with Crippen molar-refractivity contribution >= 4 is 55.6 Å². The van der Waals surface area contributed by atoms with E-state index in [1.54, 1.807) is 11.3 Å². The normalized spacial score (nSPS) is 11.5. The molecular weight excluding hydrogens is 372 g/mol. The highest BCUT2D eigenvalue weighted by Gasteiger charge is 2.08. The number of nitrogens with one attached hydrogen (secondary N) is 1. The van der Waals surface area contributed by atoms with Gasteiger partial charge in [-0.05, 0) is 41.9 Å². The number of halogens is 2. The summed E-state index contributed by atoms with van der Waals surface area (Å²) in [5.41, 5.74) is 1.89. The molecule has 0 amide bonds. The largest absolute Gasteiger partial charge is 0.379 e. The molecule has 110 valence electrons. The van der Waals surface area contributed by atoms with Gasteiger partial charge in [0.2, 0.25) is 0 Å². The molecule has 0 aliphatic rings. The van der Waals surface area contributed by atoms with Gasteiger partial charge in [0.15, 0.2) is 5.65 Å². The van der Waals surface area contributed by atoms with Gasteiger partial charge in [0.1, 0.15) is 4.34 Å². The molecule has 0 aromatic carbocycles. The standard InChI is InChI=1S/C14H14BrClN4S/c1-8(2)20-14-9(5-19-20)3-10(6-18-14)17-7-11-4-12(15)13(16)21-11/h3-6,8,17H,7H2,1-2H3. The van der Waals surface area contributed by atoms with Gasteiger partial charge in [-0.15, -0.1) is 11.3 Å². The first-order valence-corrected chi connectivity index (χ1v) is 8.54. The van der Waals surface area contributed by atoms with E-state index in [0.717, 1.165) is 32.1 Å². The van der Waals surface area contributed by atoms with Crippen LogP contribution in [-0.4, -0.2) is 14.8 Å². The van der Waals surface area contributed by atoms with Gasteiger partial charge in [0, 0.05) is 27.3 Å². The van der Waals surface area contributed by atoms with Crippen LogP contribution in [0.4, 0.5) is 5.69 Å². The zero-order chi connectivity index (χ0) is 15.0. The van der Waals surface area contributed by atoms with Crippen LogP contribution in [0.15, 0.2) is 29.0 Å². The lowest BCUT2D eigenvalue weighted by Gasteiger charge is -2.07. The zero-order valence-corrected chi connectivity index (χ0v) is 14.8. The highest BCUT2D eigenvalue weighted by Crippen LogP contribution is 2.32. The Labute approximate surface area is 140 Å². The molecule has 21 heavy (non-hydrogen) atoms. The molecule has 0 saturated heterocycles. The number of rotatable bonds is 4. The van der Waals surface area contributed by atoms with Gasteiger partial charge in [-0.1, -0.05) is 11.6 Å². The van der Waals surface area contributed by atoms with Crippen molar-refractivity contribution in [2.45, 2.75) is 26.4 Å². The average molecular weight is 386 g/mol. The molecule has 3 heterocycles. The predicted octanol–water partition coefficient (Wildman–Crippen LogP) is 5.10. The predicted molar refractivity (Wildman–Crippen MR) is 92.3 cm³/mol. The lowest BCUT2D eigenvalue weighted by molar-refractivity contribution is 0.546. The molecule has 3 aromatic heterocycles. The van der Waals surface area contributed by atoms with Crippen molar-refractivity contribution in [2.24, 2.45) is 0 Å². The minimum Gasteiger partial charge on any atom is -0.379 e. The molecule has 0 aliphatic heterocycles. The maximum atomic E-state index is 6.04. The average Bonchev–Trinajstić information content (AvgIpc) is 3.00. The SMILES string of the molecule is CC(C)n1ncc2cc(NCc3cc(Br)c(Cl)s3)cnc21. The van der Waals surface area contributed by atoms with Crippen molar-refractivity contribution in [3.05, 3.63) is 38.2 Å². The van der Waals surface area contributed by atoms with Crippen LogP contribution < -0.4 is 5.32 Å². The number of hydrogen-bond donors (Lipinski definition) is 1. The number of nitrogens with zero attached hydrogens (tertiary/aromatic N) is 3. The molecule has 0 unspecified atom stereocenters. The first kappa shape index (κ1) is 14.8. The molecule has 7 heteroatoms. The zero-order valence-electron chi connectivity index (χ0n) is 11.6. The van der Waals surface area contributed by atoms with Crippen LogP contribution in [0.5, 0.6) is 0 Å². The van der Waals surface area contributed by atoms with E-state index >= 15 is 0 Å². The van der Waals surface area contributed by atoms with Crippen molar-refractivity contribution in [3.8, 4) is 0 Å². The Morgan fingerprint density at radius 3 is 2.86 bits per heavy atom. The Morgan fingerprint density at radius 1 is 1.38 bits per heavy atom. The van der Waals surface area contributed by atoms with E-state index in [4.69, 9.17) is 11.6 Å². The van der Waals surface area contributed by atoms with Crippen LogP contribution in [0, 0.1) is 0 Å². The molecule has 0 fully saturated rings. The molecule has 0 saturated carbocycles. The van der Waals surface area contributed by atoms with Crippen molar-refractivity contribution in [1.29, 1.82) is 0 Å². The Balaban J connectivity index is 1.78. The first-order chi connectivity index (χ1) is 10.0. The number of fused-ring (bicyclic) bond motifs is 1. The number of thiophene rings is 1. The smallest absolute Gasteiger partial charge is 0.158 e. The van der Waals surface area contributed by atoms with E-state index in [2.05, 4.69) is 51.2 Å². The molecule has 4 nitrogen and oxygen atoms in total. The summed E-state index contributed by atoms with van der Waals surface area (Å²) in [4.78, 5) is 5.67. The van der Waals surface area contributed by atoms with E-state index in [1.165, 1.54) is 4.88 Å². The fourth-order valence-electron chi connectivity index (χ4n) is 2.08. The second kappa shape index (κ2) is 5.94. The van der Waals surface area contributed by atoms with E-state index < -0.39 is 0 Å². The number of anilines is 1. The summed E-state index contributed by atoms with van der Waals surface area (Å²) >= 11 is 11.0. The van der Waals surface area contributed by atoms with Crippen LogP contribution in [0.2, 0.25) is 4.34 Å². The quantitative estimate of drug-likeness (QED) is 0.679. The van der Waals surface area contributed by atoms with E-state index in [9.17, 15) is 0 Å². The number of aromatic nitrogens is 3. The maximum Gasteiger partial charge on any atom is 0.158 e. The van der Waals surface area contributed by atoms with Crippen LogP contribution in [0.25, 0.3) is 11.0 Å². The molecule has 0 bridgehead atoms. The number of hydrogen-bond acceptors (Lipinski definition) is 4. The summed E-state index contributed by atoms with van der Waals surface area (Å²) in [6, 6.07) is 4.40. The molecule has 3 rings (SSSR count). The van der Waals surface area contributed by atoms with Gasteiger partial charge in [0.25, 0.3) is 0 Å². The van der Waals surface area contributed by atoms with Crippen molar-refractivity contribution in [1.82, 2.24) is 14.8 Å². The summed E-state index contributed by atoms with van der Waals surface area (Å²) in [6.07, 6.45) is 3.69. The summed E-state index contributed by atoms with van der Waals surface area (Å²) in [6.45, 7) is 4.92. The van der Waals surface area contributed by atoms with Gasteiger partial charge in [-0.3, -0.25) is 0 Å². The van der Waals surface area contributed by atoms with Crippen LogP contribution in [0.1, 0.15) is 24.8 Å². The van der Waals surface area contributed by atoms with E-state index in [1.807, 2.05) is 23.1 Å². The highest BCUT2D eigenvalue weighted by molar-refractivity contribution is 9.10. The lowest BCUT2D eigenvalue weighted by atomic mass is 10.3. The van der Waals surface area contributed by atoms with Gasteiger partial charge < -0.3 is 5.32 Å². The van der Waals surface area contributed by atoms with Crippen LogP contribution in [0.3, 0.4) is 0 Å². The highest BCUT2D eigenvalue weighted by atomic mass is 79.9. The summed E-state index contributed by atoms with van der Waals surface area (Å²) in [5.74, 6) is 0. The first-order valence-electron chi connectivity index (χ1n) is 6.55. The molecule has 0 spiro atoms. The molecule has 0 aliphatic carbocycles. The molecule has 3 aromatic rings. The topological polar surface area (TPSA) is 42.7 Å². The monoisotopic (exact) mass is 384 g/mol. The Hall–Kier alpha value is -1.11. The van der Waals surface area contributed by atoms with Gasteiger partial charge in [0.05, 0.1) is 18.1 Å². The third-order valence-electron chi connectivity index (χ3n) is 3.09. The minimum atomic E-state index is 0.305. The Bertz CT molecular complexity index is 761. The molecular formula is C14H14BrClN4S. The lowest BCUT2D eigenvalue weighted by Crippen LogP contribution is -2.03. The minimum absolute atomic E-state index is 0.305. The number of pyridine rings is 1. The Morgan fingerprint density at radius 2 is 2.19 bits per heavy atom. The van der Waals surface area contributed by atoms with Crippen molar-refractivity contribution in [3.63, 3.8) is 0 Å². The van der Waals surface area contributed by atoms with Crippen LogP contribution >= 0.6 is 38.9 Å². The molecule has 0 atom stereocenters. The third kappa shape index (κ3) is 3.07. The fourth-order valence-corrected chi connectivity index (χ4v) is 3.81. The second-order valence-corrected chi connectivity index (χ2v) is 7.60. The van der Waals surface area contributed by atoms with E-state index in [-0.39, 0.29) is 0 Å². The fraction of sp³-hybridized carbons (Fsp3) is 0.286. The van der Waals surface area contributed by atoms with Gasteiger partial charge >= 0.3 is 0 Å². The van der Waals surface area contributed by atoms with Crippen molar-refractivity contribution in [2.75, 3.05) is 5.32 Å². The van der Waals surface area contributed by atoms with Crippen LogP contribution in [-0.2, 0) is 6.54 Å². The van der Waals surface area contributed by atoms with Gasteiger partial charge in [-0.25, -0.2) is 9.67 Å². The summed E-state index contributed by atoms with van der Waals surface area (Å²) < 4.78 is 3.64.